The van der Waals surface area contributed by atoms with E-state index in [0.29, 0.717) is 0 Å². The van der Waals surface area contributed by atoms with Gasteiger partial charge in [-0.25, -0.2) is 4.98 Å². The maximum Gasteiger partial charge on any atom is 1.00 e. The molecule has 0 aliphatic rings. The summed E-state index contributed by atoms with van der Waals surface area (Å²) < 4.78 is 38.3. The monoisotopic (exact) mass is 252 g/mol. The molecule has 0 aromatic carbocycles. The van der Waals surface area contributed by atoms with Crippen LogP contribution in [-0.2, 0) is 6.18 Å². The van der Waals surface area contributed by atoms with E-state index in [2.05, 4.69) is 4.98 Å². The number of alkyl halides is 3. The van der Waals surface area contributed by atoms with Crippen LogP contribution < -0.4 is 34.7 Å². The number of carbonyl (C=O) groups excluding carboxylic acids is 1. The van der Waals surface area contributed by atoms with Crippen LogP contribution in [0.5, 0.6) is 0 Å². The third kappa shape index (κ3) is 2.62. The number of carboxylic acids is 1. The van der Waals surface area contributed by atoms with Crippen LogP contribution in [0.4, 0.5) is 13.2 Å². The molecular weight excluding hydrogens is 248 g/mol. The van der Waals surface area contributed by atoms with Gasteiger partial charge in [-0.1, -0.05) is 0 Å². The van der Waals surface area contributed by atoms with Gasteiger partial charge in [-0.05, 0) is 12.1 Å². The predicted octanol–water partition coefficient (Wildman–Crippen LogP) is -2.28. The zero-order valence-corrected chi connectivity index (χ0v) is 10.7. The number of aromatic carboxylic acids is 1. The van der Waals surface area contributed by atoms with E-state index in [1.54, 1.807) is 0 Å². The van der Waals surface area contributed by atoms with E-state index in [0.717, 1.165) is 24.7 Å². The van der Waals surface area contributed by atoms with E-state index in [-0.39, 0.29) is 35.1 Å². The molecule has 0 atom stereocenters. The van der Waals surface area contributed by atoms with E-state index in [9.17, 15) is 23.1 Å². The predicted molar refractivity (Wildman–Crippen MR) is 44.5 cm³/mol. The van der Waals surface area contributed by atoms with Crippen LogP contribution in [0.3, 0.4) is 0 Å². The molecule has 0 unspecified atom stereocenters. The SMILES string of the molecule is O=C([O-])c1ncn2ccc(C(F)(F)F)cc12.[Na+]. The van der Waals surface area contributed by atoms with Gasteiger partial charge in [0.1, 0.15) is 5.69 Å². The Kier molecular flexibility index (Phi) is 3.85. The second kappa shape index (κ2) is 4.67. The number of hydrogen-bond donors (Lipinski definition) is 0. The van der Waals surface area contributed by atoms with E-state index >= 15 is 0 Å². The van der Waals surface area contributed by atoms with Crippen molar-refractivity contribution >= 4 is 11.5 Å². The van der Waals surface area contributed by atoms with Gasteiger partial charge >= 0.3 is 35.7 Å². The molecule has 2 heterocycles. The molecule has 8 heteroatoms. The van der Waals surface area contributed by atoms with Crippen molar-refractivity contribution in [3.8, 4) is 0 Å². The second-order valence-electron chi connectivity index (χ2n) is 3.09. The van der Waals surface area contributed by atoms with Crippen molar-refractivity contribution in [3.63, 3.8) is 0 Å². The molecule has 17 heavy (non-hydrogen) atoms. The summed E-state index contributed by atoms with van der Waals surface area (Å²) >= 11 is 0. The fourth-order valence-corrected chi connectivity index (χ4v) is 1.32. The maximum atomic E-state index is 12.4. The van der Waals surface area contributed by atoms with Gasteiger partial charge in [-0.2, -0.15) is 13.2 Å². The van der Waals surface area contributed by atoms with Crippen LogP contribution in [0.2, 0.25) is 0 Å². The van der Waals surface area contributed by atoms with Crippen molar-refractivity contribution in [2.24, 2.45) is 0 Å². The number of carboxylic acid groups (broad SMARTS) is 1. The average Bonchev–Trinajstić information content (AvgIpc) is 2.58. The Hall–Kier alpha value is -1.05. The number of aromatic nitrogens is 2. The summed E-state index contributed by atoms with van der Waals surface area (Å²) in [6.07, 6.45) is -2.31. The number of fused-ring (bicyclic) bond motifs is 1. The Balaban J connectivity index is 0.00000144. The smallest absolute Gasteiger partial charge is 0.543 e. The van der Waals surface area contributed by atoms with Crippen molar-refractivity contribution in [2.45, 2.75) is 6.18 Å². The van der Waals surface area contributed by atoms with Crippen molar-refractivity contribution < 1.29 is 52.6 Å². The van der Waals surface area contributed by atoms with Gasteiger partial charge < -0.3 is 14.3 Å². The van der Waals surface area contributed by atoms with Crippen LogP contribution in [-0.4, -0.2) is 15.4 Å². The number of rotatable bonds is 1. The quantitative estimate of drug-likeness (QED) is 0.537. The van der Waals surface area contributed by atoms with E-state index in [4.69, 9.17) is 0 Å². The molecule has 0 amide bonds. The minimum Gasteiger partial charge on any atom is -0.543 e. The Morgan fingerprint density at radius 2 is 2.06 bits per heavy atom. The average molecular weight is 252 g/mol. The first-order chi connectivity index (χ1) is 7.39. The van der Waals surface area contributed by atoms with Crippen molar-refractivity contribution in [1.82, 2.24) is 9.38 Å². The molecule has 0 saturated carbocycles. The normalized spacial score (nSPS) is 11.2. The van der Waals surface area contributed by atoms with E-state index in [1.807, 2.05) is 0 Å². The zero-order valence-electron chi connectivity index (χ0n) is 8.65. The summed E-state index contributed by atoms with van der Waals surface area (Å²) in [5, 5.41) is 10.6. The Morgan fingerprint density at radius 1 is 1.41 bits per heavy atom. The Bertz CT molecular complexity index is 565. The van der Waals surface area contributed by atoms with Gasteiger partial charge in [0.2, 0.25) is 0 Å². The molecule has 2 aromatic rings. The summed E-state index contributed by atoms with van der Waals surface area (Å²) in [7, 11) is 0. The van der Waals surface area contributed by atoms with Gasteiger partial charge in [-0.15, -0.1) is 0 Å². The van der Waals surface area contributed by atoms with Crippen molar-refractivity contribution in [3.05, 3.63) is 35.9 Å². The van der Waals surface area contributed by atoms with Gasteiger partial charge in [0, 0.05) is 6.20 Å². The fourth-order valence-electron chi connectivity index (χ4n) is 1.32. The van der Waals surface area contributed by atoms with Crippen molar-refractivity contribution in [2.75, 3.05) is 0 Å². The number of carbonyl (C=O) groups is 1. The van der Waals surface area contributed by atoms with Gasteiger partial charge in [-0.3, -0.25) is 0 Å². The van der Waals surface area contributed by atoms with Crippen LogP contribution in [0.15, 0.2) is 24.7 Å². The molecular formula is C9H4F3N2NaO2. The van der Waals surface area contributed by atoms with Crippen LogP contribution >= 0.6 is 0 Å². The molecule has 0 bridgehead atoms. The standard InChI is InChI=1S/C9H5F3N2O2.Na/c10-9(11,12)5-1-2-14-4-13-7(8(15)16)6(14)3-5;/h1-4H,(H,15,16);/q;+1/p-1. The number of hydrogen-bond acceptors (Lipinski definition) is 3. The van der Waals surface area contributed by atoms with Crippen LogP contribution in [0.1, 0.15) is 16.1 Å². The summed E-state index contributed by atoms with van der Waals surface area (Å²) in [5.74, 6) is -1.61. The summed E-state index contributed by atoms with van der Waals surface area (Å²) in [6.45, 7) is 0. The molecule has 0 N–H and O–H groups in total. The Morgan fingerprint density at radius 3 is 2.59 bits per heavy atom. The third-order valence-electron chi connectivity index (χ3n) is 2.06. The minimum absolute atomic E-state index is 0. The van der Waals surface area contributed by atoms with E-state index in [1.165, 1.54) is 4.40 Å². The number of nitrogens with zero attached hydrogens (tertiary/aromatic N) is 2. The molecule has 0 radical (unpaired) electrons. The molecule has 2 rings (SSSR count). The molecule has 0 spiro atoms. The third-order valence-corrected chi connectivity index (χ3v) is 2.06. The van der Waals surface area contributed by atoms with E-state index < -0.39 is 23.4 Å². The summed E-state index contributed by atoms with van der Waals surface area (Å²) in [5.41, 5.74) is -1.58. The first-order valence-corrected chi connectivity index (χ1v) is 4.15. The fraction of sp³-hybridized carbons (Fsp3) is 0.111. The minimum atomic E-state index is -4.52. The second-order valence-corrected chi connectivity index (χ2v) is 3.09. The molecule has 2 aromatic heterocycles. The number of halogens is 3. The van der Waals surface area contributed by atoms with Crippen LogP contribution in [0, 0.1) is 0 Å². The number of pyridine rings is 1. The Labute approximate surface area is 115 Å². The molecule has 0 fully saturated rings. The molecule has 0 aliphatic carbocycles. The largest absolute Gasteiger partial charge is 1.00 e. The summed E-state index contributed by atoms with van der Waals surface area (Å²) in [6, 6.07) is 1.56. The van der Waals surface area contributed by atoms with Gasteiger partial charge in [0.15, 0.2) is 0 Å². The zero-order chi connectivity index (χ0) is 11.9. The molecule has 0 aliphatic heterocycles. The number of imidazole rings is 1. The first kappa shape index (κ1) is 14.0. The molecule has 84 valence electrons. The van der Waals surface area contributed by atoms with Crippen molar-refractivity contribution in [1.29, 1.82) is 0 Å². The van der Waals surface area contributed by atoms with Gasteiger partial charge in [0.05, 0.1) is 23.4 Å². The maximum absolute atomic E-state index is 12.4. The topological polar surface area (TPSA) is 57.4 Å². The first-order valence-electron chi connectivity index (χ1n) is 4.15. The van der Waals surface area contributed by atoms with Gasteiger partial charge in [0.25, 0.3) is 0 Å². The molecule has 4 nitrogen and oxygen atoms in total. The molecule has 0 saturated heterocycles. The van der Waals surface area contributed by atoms with Crippen LogP contribution in [0.25, 0.3) is 5.52 Å². The summed E-state index contributed by atoms with van der Waals surface area (Å²) in [4.78, 5) is 14.0.